The molecular formula is C19H22N4O2. The van der Waals surface area contributed by atoms with E-state index < -0.39 is 0 Å². The number of aromatic nitrogens is 2. The minimum atomic E-state index is -0.127. The molecule has 0 unspecified atom stereocenters. The number of fused-ring (bicyclic) bond motifs is 1. The predicted octanol–water partition coefficient (Wildman–Crippen LogP) is 1.81. The molecule has 0 bridgehead atoms. The molecule has 2 atom stereocenters. The van der Waals surface area contributed by atoms with Gasteiger partial charge in [0, 0.05) is 31.5 Å². The average Bonchev–Trinajstić information content (AvgIpc) is 2.68. The molecule has 6 nitrogen and oxygen atoms in total. The van der Waals surface area contributed by atoms with Crippen LogP contribution in [-0.4, -0.2) is 41.6 Å². The summed E-state index contributed by atoms with van der Waals surface area (Å²) in [6.45, 7) is 2.12. The van der Waals surface area contributed by atoms with Crippen LogP contribution >= 0.6 is 0 Å². The van der Waals surface area contributed by atoms with E-state index in [-0.39, 0.29) is 17.9 Å². The van der Waals surface area contributed by atoms with Gasteiger partial charge >= 0.3 is 0 Å². The summed E-state index contributed by atoms with van der Waals surface area (Å²) in [5.41, 5.74) is 1.11. The zero-order valence-corrected chi connectivity index (χ0v) is 14.1. The minimum Gasteiger partial charge on any atom is -0.492 e. The maximum absolute atomic E-state index is 12.7. The zero-order valence-electron chi connectivity index (χ0n) is 14.1. The minimum absolute atomic E-state index is 0.0790. The zero-order chi connectivity index (χ0) is 17.1. The van der Waals surface area contributed by atoms with Gasteiger partial charge in [-0.2, -0.15) is 0 Å². The van der Waals surface area contributed by atoms with Crippen molar-refractivity contribution in [3.63, 3.8) is 0 Å². The molecule has 2 aliphatic rings. The molecule has 1 amide bonds. The van der Waals surface area contributed by atoms with E-state index in [1.54, 1.807) is 12.4 Å². The van der Waals surface area contributed by atoms with Crippen LogP contribution in [-0.2, 0) is 11.2 Å². The van der Waals surface area contributed by atoms with E-state index in [1.165, 1.54) is 0 Å². The third kappa shape index (κ3) is 3.57. The van der Waals surface area contributed by atoms with Gasteiger partial charge in [-0.25, -0.2) is 9.97 Å². The van der Waals surface area contributed by atoms with Crippen LogP contribution in [0.5, 0.6) is 5.75 Å². The highest BCUT2D eigenvalue weighted by atomic mass is 16.5. The van der Waals surface area contributed by atoms with Crippen molar-refractivity contribution in [3.05, 3.63) is 48.3 Å². The van der Waals surface area contributed by atoms with Crippen molar-refractivity contribution in [2.24, 2.45) is 5.92 Å². The maximum atomic E-state index is 12.7. The standard InChI is InChI=1S/C19H22N4O2/c24-18(15-11-14-5-1-2-7-17(14)25-13-15)22-16-6-3-10-23(12-16)19-20-8-4-9-21-19/h1-2,4-5,7-9,15-16H,3,6,10-13H2,(H,22,24)/t15-,16-/m0/s1. The van der Waals surface area contributed by atoms with Gasteiger partial charge in [-0.05, 0) is 37.0 Å². The van der Waals surface area contributed by atoms with Crippen molar-refractivity contribution in [1.29, 1.82) is 0 Å². The van der Waals surface area contributed by atoms with Gasteiger partial charge in [-0.3, -0.25) is 4.79 Å². The van der Waals surface area contributed by atoms with Gasteiger partial charge in [0.25, 0.3) is 0 Å². The number of nitrogens with one attached hydrogen (secondary N) is 1. The molecule has 0 radical (unpaired) electrons. The lowest BCUT2D eigenvalue weighted by Crippen LogP contribution is -2.50. The summed E-state index contributed by atoms with van der Waals surface area (Å²) in [5.74, 6) is 1.58. The van der Waals surface area contributed by atoms with E-state index in [1.807, 2.05) is 30.3 Å². The lowest BCUT2D eigenvalue weighted by molar-refractivity contribution is -0.127. The van der Waals surface area contributed by atoms with Crippen molar-refractivity contribution in [1.82, 2.24) is 15.3 Å². The number of para-hydroxylation sites is 1. The van der Waals surface area contributed by atoms with Crippen LogP contribution in [0.2, 0.25) is 0 Å². The second-order valence-corrected chi connectivity index (χ2v) is 6.66. The molecule has 1 aromatic carbocycles. The van der Waals surface area contributed by atoms with Gasteiger partial charge < -0.3 is 15.0 Å². The fourth-order valence-corrected chi connectivity index (χ4v) is 3.55. The summed E-state index contributed by atoms with van der Waals surface area (Å²) in [4.78, 5) is 23.4. The third-order valence-corrected chi connectivity index (χ3v) is 4.85. The number of carbonyl (C=O) groups excluding carboxylic acids is 1. The predicted molar refractivity (Wildman–Crippen MR) is 94.5 cm³/mol. The van der Waals surface area contributed by atoms with E-state index in [2.05, 4.69) is 20.2 Å². The van der Waals surface area contributed by atoms with Gasteiger partial charge in [0.15, 0.2) is 0 Å². The van der Waals surface area contributed by atoms with Crippen molar-refractivity contribution in [2.45, 2.75) is 25.3 Å². The Hall–Kier alpha value is -2.63. The second kappa shape index (κ2) is 7.09. The summed E-state index contributed by atoms with van der Waals surface area (Å²) in [5, 5.41) is 3.20. The summed E-state index contributed by atoms with van der Waals surface area (Å²) in [6.07, 6.45) is 6.25. The molecule has 1 saturated heterocycles. The van der Waals surface area contributed by atoms with Crippen molar-refractivity contribution in [2.75, 3.05) is 24.6 Å². The molecule has 1 fully saturated rings. The Balaban J connectivity index is 1.36. The third-order valence-electron chi connectivity index (χ3n) is 4.85. The Bertz CT molecular complexity index is 737. The van der Waals surface area contributed by atoms with Crippen molar-refractivity contribution in [3.8, 4) is 5.75 Å². The van der Waals surface area contributed by atoms with E-state index in [4.69, 9.17) is 4.74 Å². The number of hydrogen-bond donors (Lipinski definition) is 1. The number of nitrogens with zero attached hydrogens (tertiary/aromatic N) is 3. The van der Waals surface area contributed by atoms with Gasteiger partial charge in [0.1, 0.15) is 12.4 Å². The van der Waals surface area contributed by atoms with Crippen LogP contribution in [0.3, 0.4) is 0 Å². The van der Waals surface area contributed by atoms with E-state index in [0.29, 0.717) is 6.61 Å². The fourth-order valence-electron chi connectivity index (χ4n) is 3.55. The first kappa shape index (κ1) is 15.9. The number of rotatable bonds is 3. The molecule has 1 aromatic heterocycles. The summed E-state index contributed by atoms with van der Waals surface area (Å²) >= 11 is 0. The molecule has 2 aromatic rings. The number of benzene rings is 1. The van der Waals surface area contributed by atoms with Gasteiger partial charge in [0.2, 0.25) is 11.9 Å². The molecule has 25 heavy (non-hydrogen) atoms. The first-order valence-corrected chi connectivity index (χ1v) is 8.82. The summed E-state index contributed by atoms with van der Waals surface area (Å²) < 4.78 is 5.75. The summed E-state index contributed by atoms with van der Waals surface area (Å²) in [6, 6.07) is 9.88. The van der Waals surface area contributed by atoms with Gasteiger partial charge in [-0.1, -0.05) is 18.2 Å². The van der Waals surface area contributed by atoms with Crippen LogP contribution in [0, 0.1) is 5.92 Å². The van der Waals surface area contributed by atoms with Gasteiger partial charge in [-0.15, -0.1) is 0 Å². The Kier molecular flexibility index (Phi) is 4.50. The number of piperidine rings is 1. The van der Waals surface area contributed by atoms with Crippen LogP contribution in [0.1, 0.15) is 18.4 Å². The first-order valence-electron chi connectivity index (χ1n) is 8.82. The number of carbonyl (C=O) groups is 1. The molecule has 1 N–H and O–H groups in total. The normalized spacial score (nSPS) is 22.6. The number of hydrogen-bond acceptors (Lipinski definition) is 5. The van der Waals surface area contributed by atoms with Crippen LogP contribution in [0.15, 0.2) is 42.7 Å². The molecule has 0 aliphatic carbocycles. The van der Waals surface area contributed by atoms with Crippen LogP contribution < -0.4 is 15.0 Å². The largest absolute Gasteiger partial charge is 0.492 e. The average molecular weight is 338 g/mol. The molecule has 130 valence electrons. The smallest absolute Gasteiger partial charge is 0.227 e. The first-order chi connectivity index (χ1) is 12.3. The highest BCUT2D eigenvalue weighted by molar-refractivity contribution is 5.80. The van der Waals surface area contributed by atoms with Crippen molar-refractivity contribution >= 4 is 11.9 Å². The Morgan fingerprint density at radius 3 is 2.92 bits per heavy atom. The molecule has 0 saturated carbocycles. The van der Waals surface area contributed by atoms with E-state index >= 15 is 0 Å². The molecular weight excluding hydrogens is 316 g/mol. The number of amides is 1. The van der Waals surface area contributed by atoms with E-state index in [0.717, 1.165) is 49.6 Å². The Morgan fingerprint density at radius 1 is 1.20 bits per heavy atom. The second-order valence-electron chi connectivity index (χ2n) is 6.66. The van der Waals surface area contributed by atoms with Crippen LogP contribution in [0.4, 0.5) is 5.95 Å². The fraction of sp³-hybridized carbons (Fsp3) is 0.421. The Morgan fingerprint density at radius 2 is 2.04 bits per heavy atom. The quantitative estimate of drug-likeness (QED) is 0.924. The molecule has 2 aliphatic heterocycles. The molecule has 6 heteroatoms. The lowest BCUT2D eigenvalue weighted by atomic mass is 9.95. The monoisotopic (exact) mass is 338 g/mol. The topological polar surface area (TPSA) is 67.4 Å². The summed E-state index contributed by atoms with van der Waals surface area (Å²) in [7, 11) is 0. The Labute approximate surface area is 147 Å². The maximum Gasteiger partial charge on any atom is 0.227 e. The van der Waals surface area contributed by atoms with E-state index in [9.17, 15) is 4.79 Å². The van der Waals surface area contributed by atoms with Crippen LogP contribution in [0.25, 0.3) is 0 Å². The lowest BCUT2D eigenvalue weighted by Gasteiger charge is -2.34. The van der Waals surface area contributed by atoms with Crippen molar-refractivity contribution < 1.29 is 9.53 Å². The molecule has 4 rings (SSSR count). The molecule has 0 spiro atoms. The highest BCUT2D eigenvalue weighted by Crippen LogP contribution is 2.27. The SMILES string of the molecule is O=C(N[C@H]1CCCN(c2ncccn2)C1)[C@@H]1COc2ccccc2C1. The molecule has 3 heterocycles. The number of ether oxygens (including phenoxy) is 1. The van der Waals surface area contributed by atoms with Gasteiger partial charge in [0.05, 0.1) is 5.92 Å². The highest BCUT2D eigenvalue weighted by Gasteiger charge is 2.29. The number of anilines is 1.